The highest BCUT2D eigenvalue weighted by Gasteiger charge is 2.15. The summed E-state index contributed by atoms with van der Waals surface area (Å²) < 4.78 is 0. The lowest BCUT2D eigenvalue weighted by atomic mass is 10.2. The summed E-state index contributed by atoms with van der Waals surface area (Å²) in [5, 5.41) is 17.3. The van der Waals surface area contributed by atoms with Crippen molar-refractivity contribution in [2.45, 2.75) is 19.4 Å². The fourth-order valence-electron chi connectivity index (χ4n) is 2.01. The summed E-state index contributed by atoms with van der Waals surface area (Å²) in [6.45, 7) is 1.75. The molecule has 0 aliphatic rings. The highest BCUT2D eigenvalue weighted by Crippen LogP contribution is 2.04. The number of nitrogens with zero attached hydrogens (tertiary/aromatic N) is 4. The summed E-state index contributed by atoms with van der Waals surface area (Å²) in [6.07, 6.45) is 0.582. The Kier molecular flexibility index (Phi) is 7.56. The van der Waals surface area contributed by atoms with Gasteiger partial charge in [-0.05, 0) is 12.6 Å². The first-order chi connectivity index (χ1) is 10.2. The average molecular weight is 284 g/mol. The molecule has 0 spiro atoms. The van der Waals surface area contributed by atoms with E-state index in [0.717, 1.165) is 5.56 Å². The van der Waals surface area contributed by atoms with Crippen LogP contribution in [0, 0.1) is 22.7 Å². The van der Waals surface area contributed by atoms with Crippen molar-refractivity contribution >= 4 is 5.91 Å². The minimum Gasteiger partial charge on any atom is -0.340 e. The maximum absolute atomic E-state index is 12.2. The second-order valence-corrected chi connectivity index (χ2v) is 4.85. The van der Waals surface area contributed by atoms with Crippen LogP contribution in [0.1, 0.15) is 18.4 Å². The molecule has 0 aliphatic carbocycles. The fourth-order valence-corrected chi connectivity index (χ4v) is 2.01. The van der Waals surface area contributed by atoms with Crippen molar-refractivity contribution in [3.8, 4) is 12.1 Å². The van der Waals surface area contributed by atoms with Crippen LogP contribution in [0.3, 0.4) is 0 Å². The van der Waals surface area contributed by atoms with Crippen molar-refractivity contribution in [1.82, 2.24) is 9.80 Å². The Labute approximate surface area is 126 Å². The number of hydrogen-bond donors (Lipinski definition) is 0. The molecule has 0 unspecified atom stereocenters. The maximum atomic E-state index is 12.2. The zero-order valence-corrected chi connectivity index (χ0v) is 12.3. The van der Waals surface area contributed by atoms with E-state index in [4.69, 9.17) is 10.5 Å². The van der Waals surface area contributed by atoms with Gasteiger partial charge >= 0.3 is 0 Å². The number of rotatable bonds is 8. The van der Waals surface area contributed by atoms with Crippen molar-refractivity contribution in [1.29, 1.82) is 10.5 Å². The van der Waals surface area contributed by atoms with Gasteiger partial charge in [-0.15, -0.1) is 0 Å². The minimum absolute atomic E-state index is 0.0427. The topological polar surface area (TPSA) is 71.1 Å². The van der Waals surface area contributed by atoms with E-state index in [-0.39, 0.29) is 12.5 Å². The summed E-state index contributed by atoms with van der Waals surface area (Å²) in [7, 11) is 1.89. The van der Waals surface area contributed by atoms with Crippen LogP contribution in [0.5, 0.6) is 0 Å². The lowest BCUT2D eigenvalue weighted by Crippen LogP contribution is -2.39. The fraction of sp³-hybridized carbons (Fsp3) is 0.438. The summed E-state index contributed by atoms with van der Waals surface area (Å²) in [4.78, 5) is 15.7. The van der Waals surface area contributed by atoms with Crippen LogP contribution in [-0.4, -0.2) is 42.4 Å². The average Bonchev–Trinajstić information content (AvgIpc) is 2.48. The maximum Gasteiger partial charge on any atom is 0.236 e. The van der Waals surface area contributed by atoms with Crippen molar-refractivity contribution in [3.05, 3.63) is 35.9 Å². The standard InChI is InChI=1S/C16H20N4O/c1-19(13-15-7-3-2-4-8-15)14-16(21)20(11-5-9-17)12-6-10-18/h2-4,7-8H,5-6,11-14H2,1H3. The van der Waals surface area contributed by atoms with E-state index in [9.17, 15) is 4.79 Å². The third kappa shape index (κ3) is 6.56. The normalized spacial score (nSPS) is 9.90. The van der Waals surface area contributed by atoms with E-state index >= 15 is 0 Å². The molecule has 0 fully saturated rings. The number of likely N-dealkylation sites (N-methyl/N-ethyl adjacent to an activating group) is 1. The Bertz CT molecular complexity index is 497. The van der Waals surface area contributed by atoms with Gasteiger partial charge in [0.1, 0.15) is 0 Å². The van der Waals surface area contributed by atoms with Gasteiger partial charge in [-0.25, -0.2) is 0 Å². The number of carbonyl (C=O) groups is 1. The molecule has 0 bridgehead atoms. The molecule has 0 N–H and O–H groups in total. The van der Waals surface area contributed by atoms with Gasteiger partial charge in [0.25, 0.3) is 0 Å². The summed E-state index contributed by atoms with van der Waals surface area (Å²) in [5.41, 5.74) is 1.15. The number of benzene rings is 1. The highest BCUT2D eigenvalue weighted by molar-refractivity contribution is 5.78. The lowest BCUT2D eigenvalue weighted by molar-refractivity contribution is -0.132. The second kappa shape index (κ2) is 9.52. The molecule has 0 aromatic heterocycles. The largest absolute Gasteiger partial charge is 0.340 e. The van der Waals surface area contributed by atoms with Gasteiger partial charge in [0, 0.05) is 19.6 Å². The SMILES string of the molecule is CN(CC(=O)N(CCC#N)CCC#N)Cc1ccccc1. The van der Waals surface area contributed by atoms with E-state index in [0.29, 0.717) is 32.5 Å². The zero-order chi connectivity index (χ0) is 15.5. The van der Waals surface area contributed by atoms with Gasteiger partial charge in [0.15, 0.2) is 0 Å². The Balaban J connectivity index is 2.51. The van der Waals surface area contributed by atoms with Crippen LogP contribution in [0.15, 0.2) is 30.3 Å². The van der Waals surface area contributed by atoms with Crippen molar-refractivity contribution < 1.29 is 4.79 Å². The smallest absolute Gasteiger partial charge is 0.236 e. The van der Waals surface area contributed by atoms with Crippen LogP contribution >= 0.6 is 0 Å². The first-order valence-electron chi connectivity index (χ1n) is 6.91. The van der Waals surface area contributed by atoms with Gasteiger partial charge in [-0.2, -0.15) is 10.5 Å². The van der Waals surface area contributed by atoms with E-state index < -0.39 is 0 Å². The number of carbonyl (C=O) groups excluding carboxylic acids is 1. The van der Waals surface area contributed by atoms with Crippen LogP contribution in [0.2, 0.25) is 0 Å². The quantitative estimate of drug-likeness (QED) is 0.729. The summed E-state index contributed by atoms with van der Waals surface area (Å²) in [6, 6.07) is 14.0. The Morgan fingerprint density at radius 3 is 2.19 bits per heavy atom. The van der Waals surface area contributed by atoms with Crippen LogP contribution in [0.4, 0.5) is 0 Å². The van der Waals surface area contributed by atoms with Crippen LogP contribution in [-0.2, 0) is 11.3 Å². The molecule has 1 rings (SSSR count). The molecule has 5 nitrogen and oxygen atoms in total. The monoisotopic (exact) mass is 284 g/mol. The van der Waals surface area contributed by atoms with Crippen LogP contribution in [0.25, 0.3) is 0 Å². The highest BCUT2D eigenvalue weighted by atomic mass is 16.2. The number of nitriles is 2. The van der Waals surface area contributed by atoms with Crippen LogP contribution < -0.4 is 0 Å². The lowest BCUT2D eigenvalue weighted by Gasteiger charge is -2.24. The molecule has 1 amide bonds. The summed E-state index contributed by atoms with van der Waals surface area (Å²) >= 11 is 0. The predicted octanol–water partition coefficient (Wildman–Crippen LogP) is 1.77. The third-order valence-corrected chi connectivity index (χ3v) is 3.04. The summed E-state index contributed by atoms with van der Waals surface area (Å²) in [5.74, 6) is -0.0427. The first kappa shape index (κ1) is 16.7. The first-order valence-corrected chi connectivity index (χ1v) is 6.91. The molecule has 21 heavy (non-hydrogen) atoms. The Morgan fingerprint density at radius 1 is 1.10 bits per heavy atom. The molecular weight excluding hydrogens is 264 g/mol. The van der Waals surface area contributed by atoms with E-state index in [1.165, 1.54) is 0 Å². The molecule has 0 saturated carbocycles. The Morgan fingerprint density at radius 2 is 1.67 bits per heavy atom. The van der Waals surface area contributed by atoms with Crippen molar-refractivity contribution in [2.75, 3.05) is 26.7 Å². The third-order valence-electron chi connectivity index (χ3n) is 3.04. The molecule has 0 saturated heterocycles. The van der Waals surface area contributed by atoms with E-state index in [1.807, 2.05) is 54.4 Å². The molecule has 110 valence electrons. The van der Waals surface area contributed by atoms with Crippen molar-refractivity contribution in [3.63, 3.8) is 0 Å². The van der Waals surface area contributed by atoms with Gasteiger partial charge in [-0.3, -0.25) is 9.69 Å². The zero-order valence-electron chi connectivity index (χ0n) is 12.3. The van der Waals surface area contributed by atoms with Gasteiger partial charge in [0.2, 0.25) is 5.91 Å². The molecular formula is C16H20N4O. The van der Waals surface area contributed by atoms with Gasteiger partial charge < -0.3 is 4.90 Å². The predicted molar refractivity (Wildman–Crippen MR) is 79.8 cm³/mol. The van der Waals surface area contributed by atoms with E-state index in [2.05, 4.69) is 0 Å². The van der Waals surface area contributed by atoms with Gasteiger partial charge in [0.05, 0.1) is 31.5 Å². The molecule has 5 heteroatoms. The second-order valence-electron chi connectivity index (χ2n) is 4.85. The number of amides is 1. The Hall–Kier alpha value is -2.37. The molecule has 1 aromatic carbocycles. The van der Waals surface area contributed by atoms with Crippen molar-refractivity contribution in [2.24, 2.45) is 0 Å². The van der Waals surface area contributed by atoms with E-state index in [1.54, 1.807) is 4.90 Å². The molecule has 0 atom stereocenters. The minimum atomic E-state index is -0.0427. The molecule has 1 aromatic rings. The van der Waals surface area contributed by atoms with Gasteiger partial charge in [-0.1, -0.05) is 30.3 Å². The number of hydrogen-bond acceptors (Lipinski definition) is 4. The molecule has 0 aliphatic heterocycles. The molecule has 0 radical (unpaired) electrons. The molecule has 0 heterocycles.